The summed E-state index contributed by atoms with van der Waals surface area (Å²) >= 11 is 5.00. The van der Waals surface area contributed by atoms with Crippen LogP contribution in [0, 0.1) is 5.82 Å². The van der Waals surface area contributed by atoms with Crippen LogP contribution in [0.25, 0.3) is 0 Å². The van der Waals surface area contributed by atoms with Gasteiger partial charge in [0.15, 0.2) is 5.11 Å². The van der Waals surface area contributed by atoms with Gasteiger partial charge in [0.1, 0.15) is 5.82 Å². The molecular formula is C12H15FN2O2S. The lowest BCUT2D eigenvalue weighted by Crippen LogP contribution is -2.29. The Bertz CT molecular complexity index is 426. The fourth-order valence-electron chi connectivity index (χ4n) is 1.27. The second-order valence-electron chi connectivity index (χ2n) is 3.54. The van der Waals surface area contributed by atoms with Gasteiger partial charge in [0.2, 0.25) is 0 Å². The SMILES string of the molecule is COC(=O)CCCNC(=S)Nc1ccccc1F. The van der Waals surface area contributed by atoms with Crippen LogP contribution in [0.2, 0.25) is 0 Å². The standard InChI is InChI=1S/C12H15FN2O2S/c1-17-11(16)7-4-8-14-12(18)15-10-6-3-2-5-9(10)13/h2-3,5-6H,4,7-8H2,1H3,(H2,14,15,18). The molecule has 0 amide bonds. The minimum atomic E-state index is -0.365. The highest BCUT2D eigenvalue weighted by atomic mass is 32.1. The molecule has 0 aromatic heterocycles. The normalized spacial score (nSPS) is 9.67. The molecule has 0 saturated heterocycles. The van der Waals surface area contributed by atoms with Crippen LogP contribution in [0.4, 0.5) is 10.1 Å². The Morgan fingerprint density at radius 2 is 2.17 bits per heavy atom. The van der Waals surface area contributed by atoms with Crippen molar-refractivity contribution in [3.05, 3.63) is 30.1 Å². The number of nitrogens with one attached hydrogen (secondary N) is 2. The summed E-state index contributed by atoms with van der Waals surface area (Å²) < 4.78 is 17.8. The summed E-state index contributed by atoms with van der Waals surface area (Å²) in [5.41, 5.74) is 0.322. The molecule has 0 saturated carbocycles. The van der Waals surface area contributed by atoms with E-state index in [0.717, 1.165) is 0 Å². The maximum absolute atomic E-state index is 13.3. The third-order valence-corrected chi connectivity index (χ3v) is 2.44. The lowest BCUT2D eigenvalue weighted by atomic mass is 10.3. The number of benzene rings is 1. The Kier molecular flexibility index (Phi) is 6.07. The lowest BCUT2D eigenvalue weighted by Gasteiger charge is -2.10. The Morgan fingerprint density at radius 1 is 1.44 bits per heavy atom. The minimum Gasteiger partial charge on any atom is -0.469 e. The van der Waals surface area contributed by atoms with Crippen LogP contribution >= 0.6 is 12.2 Å². The van der Waals surface area contributed by atoms with Gasteiger partial charge in [0.25, 0.3) is 0 Å². The molecule has 0 atom stereocenters. The van der Waals surface area contributed by atoms with E-state index >= 15 is 0 Å². The summed E-state index contributed by atoms with van der Waals surface area (Å²) in [7, 11) is 1.35. The van der Waals surface area contributed by atoms with Crippen LogP contribution in [0.15, 0.2) is 24.3 Å². The van der Waals surface area contributed by atoms with E-state index in [1.807, 2.05) is 0 Å². The number of rotatable bonds is 5. The number of para-hydroxylation sites is 1. The largest absolute Gasteiger partial charge is 0.469 e. The maximum Gasteiger partial charge on any atom is 0.305 e. The van der Waals surface area contributed by atoms with E-state index in [-0.39, 0.29) is 11.8 Å². The quantitative estimate of drug-likeness (QED) is 0.487. The molecule has 0 spiro atoms. The van der Waals surface area contributed by atoms with Gasteiger partial charge in [-0.15, -0.1) is 0 Å². The van der Waals surface area contributed by atoms with Gasteiger partial charge in [-0.05, 0) is 30.8 Å². The first-order chi connectivity index (χ1) is 8.63. The second kappa shape index (κ2) is 7.60. The molecule has 18 heavy (non-hydrogen) atoms. The van der Waals surface area contributed by atoms with Crippen molar-refractivity contribution in [2.24, 2.45) is 0 Å². The fourth-order valence-corrected chi connectivity index (χ4v) is 1.48. The van der Waals surface area contributed by atoms with Crippen molar-refractivity contribution >= 4 is 29.0 Å². The number of hydrogen-bond donors (Lipinski definition) is 2. The van der Waals surface area contributed by atoms with Gasteiger partial charge < -0.3 is 15.4 Å². The molecule has 1 rings (SSSR count). The molecule has 2 N–H and O–H groups in total. The van der Waals surface area contributed by atoms with E-state index in [1.165, 1.54) is 13.2 Å². The number of thiocarbonyl (C=S) groups is 1. The Morgan fingerprint density at radius 3 is 2.83 bits per heavy atom. The predicted molar refractivity (Wildman–Crippen MR) is 71.9 cm³/mol. The predicted octanol–water partition coefficient (Wildman–Crippen LogP) is 2.07. The maximum atomic E-state index is 13.3. The van der Waals surface area contributed by atoms with Crippen molar-refractivity contribution < 1.29 is 13.9 Å². The van der Waals surface area contributed by atoms with Gasteiger partial charge in [-0.3, -0.25) is 4.79 Å². The third-order valence-electron chi connectivity index (χ3n) is 2.19. The van der Waals surface area contributed by atoms with E-state index in [2.05, 4.69) is 15.4 Å². The zero-order valence-corrected chi connectivity index (χ0v) is 10.8. The smallest absolute Gasteiger partial charge is 0.305 e. The first-order valence-corrected chi connectivity index (χ1v) is 5.90. The molecular weight excluding hydrogens is 255 g/mol. The van der Waals surface area contributed by atoms with Gasteiger partial charge in [0, 0.05) is 13.0 Å². The zero-order chi connectivity index (χ0) is 13.4. The van der Waals surface area contributed by atoms with Crippen LogP contribution in [-0.4, -0.2) is 24.7 Å². The average molecular weight is 270 g/mol. The van der Waals surface area contributed by atoms with E-state index < -0.39 is 0 Å². The molecule has 0 heterocycles. The number of halogens is 1. The molecule has 0 bridgehead atoms. The second-order valence-corrected chi connectivity index (χ2v) is 3.95. The summed E-state index contributed by atoms with van der Waals surface area (Å²) in [5, 5.41) is 5.95. The van der Waals surface area contributed by atoms with E-state index in [0.29, 0.717) is 30.2 Å². The number of hydrogen-bond acceptors (Lipinski definition) is 3. The highest BCUT2D eigenvalue weighted by molar-refractivity contribution is 7.80. The molecule has 0 aliphatic heterocycles. The van der Waals surface area contributed by atoms with Crippen molar-refractivity contribution in [1.82, 2.24) is 5.32 Å². The molecule has 1 aromatic rings. The first kappa shape index (κ1) is 14.4. The number of esters is 1. The topological polar surface area (TPSA) is 50.4 Å². The summed E-state index contributed by atoms with van der Waals surface area (Å²) in [5.74, 6) is -0.624. The Hall–Kier alpha value is -1.69. The molecule has 1 aromatic carbocycles. The van der Waals surface area contributed by atoms with E-state index in [9.17, 15) is 9.18 Å². The fraction of sp³-hybridized carbons (Fsp3) is 0.333. The van der Waals surface area contributed by atoms with Crippen molar-refractivity contribution in [2.45, 2.75) is 12.8 Å². The summed E-state index contributed by atoms with van der Waals surface area (Å²) in [6, 6.07) is 6.26. The molecule has 4 nitrogen and oxygen atoms in total. The first-order valence-electron chi connectivity index (χ1n) is 5.49. The van der Waals surface area contributed by atoms with Crippen LogP contribution < -0.4 is 10.6 Å². The zero-order valence-electron chi connectivity index (χ0n) is 10.0. The van der Waals surface area contributed by atoms with Crippen molar-refractivity contribution in [3.63, 3.8) is 0 Å². The number of carbonyl (C=O) groups is 1. The van der Waals surface area contributed by atoms with Gasteiger partial charge in [-0.1, -0.05) is 12.1 Å². The van der Waals surface area contributed by atoms with Gasteiger partial charge in [-0.2, -0.15) is 0 Å². The lowest BCUT2D eigenvalue weighted by molar-refractivity contribution is -0.140. The summed E-state index contributed by atoms with van der Waals surface area (Å²) in [4.78, 5) is 10.8. The van der Waals surface area contributed by atoms with Crippen LogP contribution in [0.3, 0.4) is 0 Å². The van der Waals surface area contributed by atoms with E-state index in [1.54, 1.807) is 18.2 Å². The molecule has 98 valence electrons. The Balaban J connectivity index is 2.26. The molecule has 0 radical (unpaired) electrons. The summed E-state index contributed by atoms with van der Waals surface area (Å²) in [6.45, 7) is 0.523. The minimum absolute atomic E-state index is 0.259. The molecule has 6 heteroatoms. The Labute approximate surface area is 111 Å². The molecule has 0 aliphatic carbocycles. The van der Waals surface area contributed by atoms with Crippen LogP contribution in [0.5, 0.6) is 0 Å². The number of anilines is 1. The van der Waals surface area contributed by atoms with E-state index in [4.69, 9.17) is 12.2 Å². The van der Waals surface area contributed by atoms with Crippen molar-refractivity contribution in [1.29, 1.82) is 0 Å². The number of ether oxygens (including phenoxy) is 1. The number of methoxy groups -OCH3 is 1. The van der Waals surface area contributed by atoms with Crippen molar-refractivity contribution in [2.75, 3.05) is 19.0 Å². The third kappa shape index (κ3) is 5.09. The highest BCUT2D eigenvalue weighted by Crippen LogP contribution is 2.11. The van der Waals surface area contributed by atoms with Gasteiger partial charge >= 0.3 is 5.97 Å². The summed E-state index contributed by atoms with van der Waals surface area (Å²) in [6.07, 6.45) is 0.928. The van der Waals surface area contributed by atoms with Crippen LogP contribution in [-0.2, 0) is 9.53 Å². The average Bonchev–Trinajstić information content (AvgIpc) is 2.37. The van der Waals surface area contributed by atoms with Gasteiger partial charge in [0.05, 0.1) is 12.8 Å². The highest BCUT2D eigenvalue weighted by Gasteiger charge is 2.03. The monoisotopic (exact) mass is 270 g/mol. The number of carbonyl (C=O) groups excluding carboxylic acids is 1. The molecule has 0 unspecified atom stereocenters. The van der Waals surface area contributed by atoms with Crippen LogP contribution in [0.1, 0.15) is 12.8 Å². The van der Waals surface area contributed by atoms with Gasteiger partial charge in [-0.25, -0.2) is 4.39 Å². The molecule has 0 fully saturated rings. The molecule has 0 aliphatic rings. The van der Waals surface area contributed by atoms with Crippen molar-refractivity contribution in [3.8, 4) is 0 Å².